The first-order valence-corrected chi connectivity index (χ1v) is 9.07. The number of thioether (sulfide) groups is 1. The van der Waals surface area contributed by atoms with E-state index in [9.17, 15) is 13.5 Å². The van der Waals surface area contributed by atoms with Gasteiger partial charge in [-0.2, -0.15) is 8.42 Å². The molecule has 22 heavy (non-hydrogen) atoms. The first kappa shape index (κ1) is 17.0. The molecule has 0 aromatic heterocycles. The van der Waals surface area contributed by atoms with Gasteiger partial charge in [-0.15, -0.1) is 11.8 Å². The molecule has 0 bridgehead atoms. The summed E-state index contributed by atoms with van der Waals surface area (Å²) in [5, 5.41) is 18.3. The molecule has 8 heteroatoms. The summed E-state index contributed by atoms with van der Waals surface area (Å²) in [5.74, 6) is -0.228. The van der Waals surface area contributed by atoms with Crippen LogP contribution in [0.4, 0.5) is 0 Å². The molecule has 2 aromatic carbocycles. The van der Waals surface area contributed by atoms with E-state index in [1.807, 2.05) is 0 Å². The summed E-state index contributed by atoms with van der Waals surface area (Å²) in [6.45, 7) is 0. The number of aromatic hydroxyl groups is 1. The summed E-state index contributed by atoms with van der Waals surface area (Å²) in [4.78, 5) is 0.908. The summed E-state index contributed by atoms with van der Waals surface area (Å²) >= 11 is 7.36. The lowest BCUT2D eigenvalue weighted by atomic mass is 10.2. The van der Waals surface area contributed by atoms with Crippen LogP contribution in [-0.4, -0.2) is 24.6 Å². The SMILES string of the molecule is O=S(=O)(CO)Oc1ccc(CSc2ccc(O)c(Cl)c2)cc1. The van der Waals surface area contributed by atoms with Crippen LogP contribution in [0.25, 0.3) is 0 Å². The van der Waals surface area contributed by atoms with Crippen molar-refractivity contribution < 1.29 is 22.8 Å². The minimum Gasteiger partial charge on any atom is -0.506 e. The number of phenolic OH excluding ortho intramolecular Hbond substituents is 1. The van der Waals surface area contributed by atoms with E-state index in [0.717, 1.165) is 10.5 Å². The maximum atomic E-state index is 11.1. The minimum absolute atomic E-state index is 0.0395. The molecule has 0 saturated heterocycles. The van der Waals surface area contributed by atoms with Crippen molar-refractivity contribution in [1.82, 2.24) is 0 Å². The van der Waals surface area contributed by atoms with E-state index in [1.165, 1.54) is 30.0 Å². The van der Waals surface area contributed by atoms with Gasteiger partial charge in [0.15, 0.2) is 5.94 Å². The largest absolute Gasteiger partial charge is 0.506 e. The second-order valence-corrected chi connectivity index (χ2v) is 7.31. The van der Waals surface area contributed by atoms with Gasteiger partial charge in [0.1, 0.15) is 11.5 Å². The third-order valence-electron chi connectivity index (χ3n) is 2.63. The van der Waals surface area contributed by atoms with Gasteiger partial charge in [0.25, 0.3) is 0 Å². The fourth-order valence-corrected chi connectivity index (χ4v) is 3.15. The molecule has 0 aliphatic heterocycles. The summed E-state index contributed by atoms with van der Waals surface area (Å²) < 4.78 is 26.9. The van der Waals surface area contributed by atoms with Crippen LogP contribution in [0, 0.1) is 0 Å². The van der Waals surface area contributed by atoms with Crippen molar-refractivity contribution >= 4 is 33.5 Å². The van der Waals surface area contributed by atoms with Crippen LogP contribution in [0.1, 0.15) is 5.56 Å². The fraction of sp³-hybridized carbons (Fsp3) is 0.143. The van der Waals surface area contributed by atoms with Gasteiger partial charge in [-0.3, -0.25) is 0 Å². The molecule has 0 unspecified atom stereocenters. The number of aliphatic hydroxyl groups is 1. The Morgan fingerprint density at radius 2 is 1.82 bits per heavy atom. The Morgan fingerprint density at radius 1 is 1.14 bits per heavy atom. The molecular formula is C14H13ClO5S2. The lowest BCUT2D eigenvalue weighted by Crippen LogP contribution is -2.12. The number of phenols is 1. The van der Waals surface area contributed by atoms with E-state index in [2.05, 4.69) is 4.18 Å². The van der Waals surface area contributed by atoms with Crippen molar-refractivity contribution in [1.29, 1.82) is 0 Å². The number of aliphatic hydroxyl groups excluding tert-OH is 1. The predicted octanol–water partition coefficient (Wildman–Crippen LogP) is 3.00. The lowest BCUT2D eigenvalue weighted by Gasteiger charge is -2.06. The smallest absolute Gasteiger partial charge is 0.333 e. The minimum atomic E-state index is -3.94. The molecule has 0 atom stereocenters. The van der Waals surface area contributed by atoms with Crippen molar-refractivity contribution in [2.24, 2.45) is 0 Å². The van der Waals surface area contributed by atoms with Crippen LogP contribution in [0.2, 0.25) is 5.02 Å². The molecule has 0 aliphatic carbocycles. The van der Waals surface area contributed by atoms with Gasteiger partial charge in [0.2, 0.25) is 0 Å². The summed E-state index contributed by atoms with van der Waals surface area (Å²) in [5.41, 5.74) is 0.961. The highest BCUT2D eigenvalue weighted by Crippen LogP contribution is 2.30. The number of hydrogen-bond donors (Lipinski definition) is 2. The Balaban J connectivity index is 1.98. The molecule has 0 saturated carbocycles. The van der Waals surface area contributed by atoms with Crippen molar-refractivity contribution in [2.45, 2.75) is 10.6 Å². The van der Waals surface area contributed by atoms with Gasteiger partial charge in [-0.05, 0) is 35.9 Å². The van der Waals surface area contributed by atoms with Crippen LogP contribution in [0.3, 0.4) is 0 Å². The second-order valence-electron chi connectivity index (χ2n) is 4.32. The standard InChI is InChI=1S/C14H13ClO5S2/c15-13-7-12(5-6-14(13)17)21-8-10-1-3-11(4-2-10)20-22(18,19)9-16/h1-7,16-17H,8-9H2. The Bertz CT molecular complexity index is 744. The molecule has 0 heterocycles. The van der Waals surface area contributed by atoms with E-state index in [4.69, 9.17) is 16.7 Å². The number of benzene rings is 2. The van der Waals surface area contributed by atoms with E-state index in [0.29, 0.717) is 10.8 Å². The average Bonchev–Trinajstić information content (AvgIpc) is 2.49. The lowest BCUT2D eigenvalue weighted by molar-refractivity contribution is 0.338. The Morgan fingerprint density at radius 3 is 2.41 bits per heavy atom. The number of hydrogen-bond acceptors (Lipinski definition) is 6. The molecule has 118 valence electrons. The monoisotopic (exact) mass is 360 g/mol. The van der Waals surface area contributed by atoms with Gasteiger partial charge in [-0.1, -0.05) is 23.7 Å². The van der Waals surface area contributed by atoms with Crippen molar-refractivity contribution in [3.63, 3.8) is 0 Å². The molecule has 0 radical (unpaired) electrons. The Kier molecular flexibility index (Phi) is 5.57. The molecule has 0 aliphatic rings. The van der Waals surface area contributed by atoms with Crippen LogP contribution < -0.4 is 4.18 Å². The highest BCUT2D eigenvalue weighted by Gasteiger charge is 2.10. The fourth-order valence-electron chi connectivity index (χ4n) is 1.56. The number of halogens is 1. The van der Waals surface area contributed by atoms with Gasteiger partial charge in [0, 0.05) is 10.6 Å². The van der Waals surface area contributed by atoms with Crippen LogP contribution in [0.5, 0.6) is 11.5 Å². The Hall–Kier alpha value is -1.41. The van der Waals surface area contributed by atoms with Crippen molar-refractivity contribution in [3.05, 3.63) is 53.1 Å². The Labute approximate surface area is 137 Å². The van der Waals surface area contributed by atoms with Gasteiger partial charge >= 0.3 is 10.1 Å². The highest BCUT2D eigenvalue weighted by molar-refractivity contribution is 7.98. The molecule has 0 spiro atoms. The topological polar surface area (TPSA) is 83.8 Å². The van der Waals surface area contributed by atoms with Crippen LogP contribution >= 0.6 is 23.4 Å². The van der Waals surface area contributed by atoms with Crippen molar-refractivity contribution in [2.75, 3.05) is 5.94 Å². The average molecular weight is 361 g/mol. The molecule has 5 nitrogen and oxygen atoms in total. The van der Waals surface area contributed by atoms with E-state index < -0.39 is 16.1 Å². The molecule has 0 fully saturated rings. The van der Waals surface area contributed by atoms with E-state index in [1.54, 1.807) is 24.3 Å². The second kappa shape index (κ2) is 7.23. The first-order chi connectivity index (χ1) is 10.4. The third kappa shape index (κ3) is 4.81. The maximum absolute atomic E-state index is 11.1. The van der Waals surface area contributed by atoms with Crippen LogP contribution in [0.15, 0.2) is 47.4 Å². The van der Waals surface area contributed by atoms with Gasteiger partial charge < -0.3 is 14.4 Å². The molecular weight excluding hydrogens is 348 g/mol. The first-order valence-electron chi connectivity index (χ1n) is 6.13. The van der Waals surface area contributed by atoms with Gasteiger partial charge in [0.05, 0.1) is 5.02 Å². The zero-order valence-electron chi connectivity index (χ0n) is 11.3. The highest BCUT2D eigenvalue weighted by atomic mass is 35.5. The maximum Gasteiger partial charge on any atom is 0.333 e. The van der Waals surface area contributed by atoms with Crippen LogP contribution in [-0.2, 0) is 15.9 Å². The molecule has 2 N–H and O–H groups in total. The van der Waals surface area contributed by atoms with E-state index in [-0.39, 0.29) is 11.5 Å². The predicted molar refractivity (Wildman–Crippen MR) is 85.8 cm³/mol. The quantitative estimate of drug-likeness (QED) is 0.608. The summed E-state index contributed by atoms with van der Waals surface area (Å²) in [6.07, 6.45) is 0. The zero-order valence-corrected chi connectivity index (χ0v) is 13.7. The van der Waals surface area contributed by atoms with Gasteiger partial charge in [-0.25, -0.2) is 0 Å². The van der Waals surface area contributed by atoms with E-state index >= 15 is 0 Å². The molecule has 2 aromatic rings. The summed E-state index contributed by atoms with van der Waals surface area (Å²) in [7, 11) is -3.94. The normalized spacial score (nSPS) is 11.4. The van der Waals surface area contributed by atoms with Crippen molar-refractivity contribution in [3.8, 4) is 11.5 Å². The molecule has 0 amide bonds. The summed E-state index contributed by atoms with van der Waals surface area (Å²) in [6, 6.07) is 11.5. The third-order valence-corrected chi connectivity index (χ3v) is 4.76. The number of rotatable bonds is 6. The zero-order chi connectivity index (χ0) is 16.2. The molecule has 2 rings (SSSR count).